The van der Waals surface area contributed by atoms with Gasteiger partial charge in [-0.3, -0.25) is 9.78 Å². The van der Waals surface area contributed by atoms with Gasteiger partial charge in [0.1, 0.15) is 12.0 Å². The quantitative estimate of drug-likeness (QED) is 0.819. The SMILES string of the molecule is O=C(O)c1ccc(C(=O)Nc2ccon2)nc1. The Morgan fingerprint density at radius 1 is 1.29 bits per heavy atom. The lowest BCUT2D eigenvalue weighted by atomic mass is 10.2. The van der Waals surface area contributed by atoms with Crippen molar-refractivity contribution in [2.45, 2.75) is 0 Å². The normalized spacial score (nSPS) is 9.88. The van der Waals surface area contributed by atoms with Crippen molar-refractivity contribution in [1.82, 2.24) is 10.1 Å². The number of carbonyl (C=O) groups excluding carboxylic acids is 1. The summed E-state index contributed by atoms with van der Waals surface area (Å²) in [5.41, 5.74) is 0.112. The molecule has 0 saturated carbocycles. The highest BCUT2D eigenvalue weighted by Gasteiger charge is 2.10. The van der Waals surface area contributed by atoms with E-state index in [0.717, 1.165) is 6.20 Å². The Balaban J connectivity index is 2.12. The van der Waals surface area contributed by atoms with E-state index in [4.69, 9.17) is 5.11 Å². The second-order valence-electron chi connectivity index (χ2n) is 3.08. The van der Waals surface area contributed by atoms with E-state index >= 15 is 0 Å². The fourth-order valence-electron chi connectivity index (χ4n) is 1.11. The van der Waals surface area contributed by atoms with Gasteiger partial charge in [-0.05, 0) is 12.1 Å². The molecule has 0 saturated heterocycles. The number of nitrogens with one attached hydrogen (secondary N) is 1. The molecular weight excluding hydrogens is 226 g/mol. The van der Waals surface area contributed by atoms with Gasteiger partial charge in [0.2, 0.25) is 0 Å². The Hall–Kier alpha value is -2.70. The first kappa shape index (κ1) is 10.8. The van der Waals surface area contributed by atoms with Crippen LogP contribution in [-0.4, -0.2) is 27.1 Å². The highest BCUT2D eigenvalue weighted by atomic mass is 16.5. The van der Waals surface area contributed by atoms with Crippen molar-refractivity contribution in [3.8, 4) is 0 Å². The zero-order valence-electron chi connectivity index (χ0n) is 8.45. The van der Waals surface area contributed by atoms with Gasteiger partial charge in [0.15, 0.2) is 5.82 Å². The predicted octanol–water partition coefficient (Wildman–Crippen LogP) is 1.02. The predicted molar refractivity (Wildman–Crippen MR) is 55.7 cm³/mol. The third-order valence-electron chi connectivity index (χ3n) is 1.92. The molecule has 2 aromatic heterocycles. The Morgan fingerprint density at radius 3 is 2.65 bits per heavy atom. The number of aromatic nitrogens is 2. The number of carboxylic acid groups (broad SMARTS) is 1. The molecule has 0 aliphatic rings. The van der Waals surface area contributed by atoms with Crippen LogP contribution in [0, 0.1) is 0 Å². The largest absolute Gasteiger partial charge is 0.478 e. The van der Waals surface area contributed by atoms with E-state index in [1.807, 2.05) is 0 Å². The van der Waals surface area contributed by atoms with E-state index < -0.39 is 11.9 Å². The standard InChI is InChI=1S/C10H7N3O4/c14-9(12-8-3-4-17-13-8)7-2-1-6(5-11-7)10(15)16/h1-5H,(H,15,16)(H,12,13,14). The number of aromatic carboxylic acids is 1. The monoisotopic (exact) mass is 233 g/mol. The molecule has 2 heterocycles. The smallest absolute Gasteiger partial charge is 0.337 e. The van der Waals surface area contributed by atoms with E-state index in [1.165, 1.54) is 24.5 Å². The van der Waals surface area contributed by atoms with Gasteiger partial charge in [-0.25, -0.2) is 4.79 Å². The number of pyridine rings is 1. The molecule has 0 fully saturated rings. The maximum atomic E-state index is 11.6. The molecule has 2 rings (SSSR count). The van der Waals surface area contributed by atoms with Crippen LogP contribution in [0.25, 0.3) is 0 Å². The van der Waals surface area contributed by atoms with Crippen molar-refractivity contribution in [2.75, 3.05) is 5.32 Å². The molecule has 0 aliphatic heterocycles. The van der Waals surface area contributed by atoms with Crippen LogP contribution < -0.4 is 5.32 Å². The van der Waals surface area contributed by atoms with Gasteiger partial charge in [0.05, 0.1) is 5.56 Å². The Bertz CT molecular complexity index is 533. The van der Waals surface area contributed by atoms with Crippen LogP contribution in [0.1, 0.15) is 20.8 Å². The van der Waals surface area contributed by atoms with E-state index in [2.05, 4.69) is 20.0 Å². The van der Waals surface area contributed by atoms with Crippen LogP contribution in [0.4, 0.5) is 5.82 Å². The average molecular weight is 233 g/mol. The van der Waals surface area contributed by atoms with E-state index in [0.29, 0.717) is 0 Å². The fraction of sp³-hybridized carbons (Fsp3) is 0. The average Bonchev–Trinajstić information content (AvgIpc) is 2.82. The van der Waals surface area contributed by atoms with Gasteiger partial charge in [0, 0.05) is 12.3 Å². The maximum Gasteiger partial charge on any atom is 0.337 e. The van der Waals surface area contributed by atoms with Crippen molar-refractivity contribution in [3.05, 3.63) is 41.9 Å². The number of carboxylic acids is 1. The summed E-state index contributed by atoms with van der Waals surface area (Å²) in [6.45, 7) is 0. The van der Waals surface area contributed by atoms with Crippen molar-refractivity contribution >= 4 is 17.7 Å². The van der Waals surface area contributed by atoms with Crippen LogP contribution >= 0.6 is 0 Å². The van der Waals surface area contributed by atoms with Gasteiger partial charge >= 0.3 is 5.97 Å². The van der Waals surface area contributed by atoms with Crippen molar-refractivity contribution in [2.24, 2.45) is 0 Å². The molecular formula is C10H7N3O4. The molecule has 0 radical (unpaired) electrons. The molecule has 1 amide bonds. The highest BCUT2D eigenvalue weighted by molar-refractivity contribution is 6.02. The molecule has 2 N–H and O–H groups in total. The molecule has 0 spiro atoms. The minimum Gasteiger partial charge on any atom is -0.478 e. The van der Waals surface area contributed by atoms with Crippen molar-refractivity contribution < 1.29 is 19.2 Å². The number of hydrogen-bond acceptors (Lipinski definition) is 5. The van der Waals surface area contributed by atoms with Crippen molar-refractivity contribution in [3.63, 3.8) is 0 Å². The van der Waals surface area contributed by atoms with Crippen LogP contribution in [0.15, 0.2) is 35.2 Å². The van der Waals surface area contributed by atoms with Gasteiger partial charge in [-0.2, -0.15) is 0 Å². The lowest BCUT2D eigenvalue weighted by molar-refractivity contribution is 0.0696. The number of amides is 1. The Morgan fingerprint density at radius 2 is 2.12 bits per heavy atom. The third-order valence-corrected chi connectivity index (χ3v) is 1.92. The molecule has 0 bridgehead atoms. The number of rotatable bonds is 3. The van der Waals surface area contributed by atoms with Crippen LogP contribution in [-0.2, 0) is 0 Å². The van der Waals surface area contributed by atoms with E-state index in [9.17, 15) is 9.59 Å². The van der Waals surface area contributed by atoms with Crippen LogP contribution in [0.5, 0.6) is 0 Å². The summed E-state index contributed by atoms with van der Waals surface area (Å²) in [6.07, 6.45) is 2.43. The molecule has 7 nitrogen and oxygen atoms in total. The number of carbonyl (C=O) groups is 2. The summed E-state index contributed by atoms with van der Waals surface area (Å²) < 4.78 is 4.54. The Labute approximate surface area is 95.1 Å². The lowest BCUT2D eigenvalue weighted by Crippen LogP contribution is -2.14. The summed E-state index contributed by atoms with van der Waals surface area (Å²) in [5.74, 6) is -1.32. The molecule has 0 atom stereocenters. The van der Waals surface area contributed by atoms with Gasteiger partial charge < -0.3 is 14.9 Å². The molecule has 0 aromatic carbocycles. The van der Waals surface area contributed by atoms with Crippen LogP contribution in [0.2, 0.25) is 0 Å². The summed E-state index contributed by atoms with van der Waals surface area (Å²) in [4.78, 5) is 25.9. The van der Waals surface area contributed by atoms with Crippen LogP contribution in [0.3, 0.4) is 0 Å². The fourth-order valence-corrected chi connectivity index (χ4v) is 1.11. The number of nitrogens with zero attached hydrogens (tertiary/aromatic N) is 2. The number of anilines is 1. The molecule has 0 unspecified atom stereocenters. The lowest BCUT2D eigenvalue weighted by Gasteiger charge is -2.00. The summed E-state index contributed by atoms with van der Waals surface area (Å²) in [6, 6.07) is 4.09. The second kappa shape index (κ2) is 4.44. The van der Waals surface area contributed by atoms with Gasteiger partial charge in [-0.1, -0.05) is 5.16 Å². The molecule has 7 heteroatoms. The zero-order valence-corrected chi connectivity index (χ0v) is 8.45. The molecule has 2 aromatic rings. The van der Waals surface area contributed by atoms with Crippen molar-refractivity contribution in [1.29, 1.82) is 0 Å². The summed E-state index contributed by atoms with van der Waals surface area (Å²) in [7, 11) is 0. The van der Waals surface area contributed by atoms with Gasteiger partial charge in [-0.15, -0.1) is 0 Å². The van der Waals surface area contributed by atoms with Gasteiger partial charge in [0.25, 0.3) is 5.91 Å². The first-order valence-electron chi connectivity index (χ1n) is 4.58. The molecule has 86 valence electrons. The first-order valence-corrected chi connectivity index (χ1v) is 4.58. The maximum absolute atomic E-state index is 11.6. The number of hydrogen-bond donors (Lipinski definition) is 2. The summed E-state index contributed by atoms with van der Waals surface area (Å²) >= 11 is 0. The molecule has 0 aliphatic carbocycles. The Kier molecular flexibility index (Phi) is 2.82. The highest BCUT2D eigenvalue weighted by Crippen LogP contribution is 2.05. The van der Waals surface area contributed by atoms with E-state index in [-0.39, 0.29) is 17.1 Å². The first-order chi connectivity index (χ1) is 8.16. The topological polar surface area (TPSA) is 105 Å². The minimum absolute atomic E-state index is 0.0167. The third kappa shape index (κ3) is 2.46. The second-order valence-corrected chi connectivity index (χ2v) is 3.08. The zero-order chi connectivity index (χ0) is 12.3. The van der Waals surface area contributed by atoms with E-state index in [1.54, 1.807) is 0 Å². The minimum atomic E-state index is -1.10. The summed E-state index contributed by atoms with van der Waals surface area (Å²) in [5, 5.41) is 14.6. The molecule has 17 heavy (non-hydrogen) atoms.